The third-order valence-electron chi connectivity index (χ3n) is 2.31. The van der Waals surface area contributed by atoms with Crippen LogP contribution in [0.1, 0.15) is 24.5 Å². The Balaban J connectivity index is 2.53. The van der Waals surface area contributed by atoms with E-state index in [1.165, 1.54) is 0 Å². The van der Waals surface area contributed by atoms with Crippen molar-refractivity contribution >= 4 is 11.3 Å². The highest BCUT2D eigenvalue weighted by atomic mass is 32.1. The minimum absolute atomic E-state index is 0.0991. The summed E-state index contributed by atoms with van der Waals surface area (Å²) in [5.41, 5.74) is 3.86. The number of thiazole rings is 1. The summed E-state index contributed by atoms with van der Waals surface area (Å²) in [6, 6.07) is 0.117. The molecule has 5 heteroatoms. The average Bonchev–Trinajstić information content (AvgIpc) is 2.61. The smallest absolute Gasteiger partial charge is 0.0897 e. The van der Waals surface area contributed by atoms with E-state index in [0.29, 0.717) is 6.61 Å². The van der Waals surface area contributed by atoms with Crippen molar-refractivity contribution in [3.05, 3.63) is 16.1 Å². The molecule has 0 spiro atoms. The minimum Gasteiger partial charge on any atom is -0.377 e. The standard InChI is InChI=1S/C10H19N3OS/c1-4-14-7(2)10(13-11)5-9-6-15-8(3)12-9/h6-7,10,13H,4-5,11H2,1-3H3. The van der Waals surface area contributed by atoms with E-state index >= 15 is 0 Å². The van der Waals surface area contributed by atoms with Crippen molar-refractivity contribution in [2.45, 2.75) is 39.3 Å². The van der Waals surface area contributed by atoms with E-state index in [1.807, 2.05) is 20.8 Å². The normalized spacial score (nSPS) is 15.2. The van der Waals surface area contributed by atoms with Gasteiger partial charge in [-0.25, -0.2) is 4.98 Å². The molecule has 0 radical (unpaired) electrons. The Bertz CT molecular complexity index is 290. The second-order valence-corrected chi connectivity index (χ2v) is 4.56. The van der Waals surface area contributed by atoms with Crippen molar-refractivity contribution in [2.24, 2.45) is 5.84 Å². The Labute approximate surface area is 94.8 Å². The minimum atomic E-state index is 0.0991. The lowest BCUT2D eigenvalue weighted by Crippen LogP contribution is -2.45. The summed E-state index contributed by atoms with van der Waals surface area (Å²) in [4.78, 5) is 4.41. The predicted molar refractivity (Wildman–Crippen MR) is 62.8 cm³/mol. The number of hydrazine groups is 1. The molecule has 0 amide bonds. The van der Waals surface area contributed by atoms with Crippen LogP contribution in [0.4, 0.5) is 0 Å². The molecule has 2 unspecified atom stereocenters. The Morgan fingerprint density at radius 1 is 1.67 bits per heavy atom. The summed E-state index contributed by atoms with van der Waals surface area (Å²) in [5, 5.41) is 3.16. The van der Waals surface area contributed by atoms with Gasteiger partial charge < -0.3 is 4.74 Å². The van der Waals surface area contributed by atoms with Gasteiger partial charge in [-0.2, -0.15) is 0 Å². The summed E-state index contributed by atoms with van der Waals surface area (Å²) in [7, 11) is 0. The fourth-order valence-corrected chi connectivity index (χ4v) is 2.09. The van der Waals surface area contributed by atoms with Gasteiger partial charge in [-0.15, -0.1) is 11.3 Å². The van der Waals surface area contributed by atoms with Crippen LogP contribution in [0.15, 0.2) is 5.38 Å². The summed E-state index contributed by atoms with van der Waals surface area (Å²) >= 11 is 1.66. The Hall–Kier alpha value is -0.490. The third kappa shape index (κ3) is 3.87. The molecule has 0 aromatic carbocycles. The first-order chi connectivity index (χ1) is 7.17. The molecule has 1 aromatic heterocycles. The number of aryl methyl sites for hydroxylation is 1. The number of nitrogens with zero attached hydrogens (tertiary/aromatic N) is 1. The van der Waals surface area contributed by atoms with E-state index in [1.54, 1.807) is 11.3 Å². The molecule has 0 fully saturated rings. The highest BCUT2D eigenvalue weighted by Crippen LogP contribution is 2.12. The molecule has 15 heavy (non-hydrogen) atoms. The zero-order valence-corrected chi connectivity index (χ0v) is 10.3. The monoisotopic (exact) mass is 229 g/mol. The van der Waals surface area contributed by atoms with Gasteiger partial charge >= 0.3 is 0 Å². The van der Waals surface area contributed by atoms with Gasteiger partial charge in [-0.3, -0.25) is 11.3 Å². The molecular formula is C10H19N3OS. The van der Waals surface area contributed by atoms with Crippen LogP contribution in [0, 0.1) is 6.92 Å². The van der Waals surface area contributed by atoms with Gasteiger partial charge in [-0.1, -0.05) is 0 Å². The lowest BCUT2D eigenvalue weighted by molar-refractivity contribution is 0.0474. The largest absolute Gasteiger partial charge is 0.377 e. The van der Waals surface area contributed by atoms with Gasteiger partial charge in [0.15, 0.2) is 0 Å². The Morgan fingerprint density at radius 3 is 2.87 bits per heavy atom. The molecule has 0 aliphatic rings. The number of nitrogens with one attached hydrogen (secondary N) is 1. The van der Waals surface area contributed by atoms with Crippen LogP contribution >= 0.6 is 11.3 Å². The summed E-state index contributed by atoms with van der Waals surface area (Å²) < 4.78 is 5.51. The highest BCUT2D eigenvalue weighted by Gasteiger charge is 2.17. The molecular weight excluding hydrogens is 210 g/mol. The number of ether oxygens (including phenoxy) is 1. The maximum absolute atomic E-state index is 5.51. The molecule has 0 saturated heterocycles. The van der Waals surface area contributed by atoms with E-state index in [0.717, 1.165) is 17.1 Å². The average molecular weight is 229 g/mol. The molecule has 0 aliphatic heterocycles. The van der Waals surface area contributed by atoms with Crippen molar-refractivity contribution in [1.82, 2.24) is 10.4 Å². The SMILES string of the molecule is CCOC(C)C(Cc1csc(C)n1)NN. The molecule has 3 N–H and O–H groups in total. The molecule has 1 rings (SSSR count). The van der Waals surface area contributed by atoms with Crippen LogP contribution in [0.2, 0.25) is 0 Å². The van der Waals surface area contributed by atoms with Gasteiger partial charge in [0.05, 0.1) is 22.8 Å². The lowest BCUT2D eigenvalue weighted by atomic mass is 10.1. The fraction of sp³-hybridized carbons (Fsp3) is 0.700. The van der Waals surface area contributed by atoms with Crippen LogP contribution in [0.3, 0.4) is 0 Å². The molecule has 2 atom stereocenters. The quantitative estimate of drug-likeness (QED) is 0.569. The van der Waals surface area contributed by atoms with Crippen LogP contribution in [-0.2, 0) is 11.2 Å². The molecule has 0 saturated carbocycles. The van der Waals surface area contributed by atoms with Crippen molar-refractivity contribution in [3.8, 4) is 0 Å². The Kier molecular flexibility index (Phi) is 5.17. The van der Waals surface area contributed by atoms with E-state index in [2.05, 4.69) is 15.8 Å². The van der Waals surface area contributed by atoms with E-state index < -0.39 is 0 Å². The van der Waals surface area contributed by atoms with E-state index in [-0.39, 0.29) is 12.1 Å². The van der Waals surface area contributed by atoms with Crippen LogP contribution < -0.4 is 11.3 Å². The maximum atomic E-state index is 5.51. The first kappa shape index (κ1) is 12.6. The van der Waals surface area contributed by atoms with Gasteiger partial charge in [0.25, 0.3) is 0 Å². The topological polar surface area (TPSA) is 60.2 Å². The molecule has 1 aromatic rings. The first-order valence-corrected chi connectivity index (χ1v) is 6.04. The maximum Gasteiger partial charge on any atom is 0.0897 e. The lowest BCUT2D eigenvalue weighted by Gasteiger charge is -2.22. The van der Waals surface area contributed by atoms with Crippen molar-refractivity contribution in [2.75, 3.05) is 6.61 Å². The van der Waals surface area contributed by atoms with Crippen molar-refractivity contribution < 1.29 is 4.74 Å². The zero-order chi connectivity index (χ0) is 11.3. The number of hydrogen-bond donors (Lipinski definition) is 2. The molecule has 4 nitrogen and oxygen atoms in total. The summed E-state index contributed by atoms with van der Waals surface area (Å²) in [6.07, 6.45) is 0.907. The molecule has 0 bridgehead atoms. The second kappa shape index (κ2) is 6.17. The molecule has 1 heterocycles. The Morgan fingerprint density at radius 2 is 2.40 bits per heavy atom. The molecule has 0 aliphatic carbocycles. The van der Waals surface area contributed by atoms with Gasteiger partial charge in [0, 0.05) is 18.4 Å². The van der Waals surface area contributed by atoms with Crippen LogP contribution in [0.5, 0.6) is 0 Å². The molecule has 86 valence electrons. The van der Waals surface area contributed by atoms with E-state index in [9.17, 15) is 0 Å². The number of rotatable bonds is 6. The van der Waals surface area contributed by atoms with Crippen molar-refractivity contribution in [1.29, 1.82) is 0 Å². The summed E-state index contributed by atoms with van der Waals surface area (Å²) in [5.74, 6) is 5.50. The van der Waals surface area contributed by atoms with Gasteiger partial charge in [0.1, 0.15) is 0 Å². The number of nitrogens with two attached hydrogens (primary N) is 1. The van der Waals surface area contributed by atoms with Gasteiger partial charge in [0.2, 0.25) is 0 Å². The van der Waals surface area contributed by atoms with Gasteiger partial charge in [-0.05, 0) is 20.8 Å². The third-order valence-corrected chi connectivity index (χ3v) is 3.13. The number of aromatic nitrogens is 1. The number of hydrogen-bond acceptors (Lipinski definition) is 5. The fourth-order valence-electron chi connectivity index (χ4n) is 1.47. The predicted octanol–water partition coefficient (Wildman–Crippen LogP) is 1.25. The highest BCUT2D eigenvalue weighted by molar-refractivity contribution is 7.09. The van der Waals surface area contributed by atoms with E-state index in [4.69, 9.17) is 10.6 Å². The zero-order valence-electron chi connectivity index (χ0n) is 9.49. The second-order valence-electron chi connectivity index (χ2n) is 3.50. The summed E-state index contributed by atoms with van der Waals surface area (Å²) in [6.45, 7) is 6.71. The van der Waals surface area contributed by atoms with Crippen LogP contribution in [-0.4, -0.2) is 23.7 Å². The first-order valence-electron chi connectivity index (χ1n) is 5.16. The van der Waals surface area contributed by atoms with Crippen LogP contribution in [0.25, 0.3) is 0 Å². The van der Waals surface area contributed by atoms with Crippen molar-refractivity contribution in [3.63, 3.8) is 0 Å².